The molecule has 2 fully saturated rings. The minimum Gasteiger partial charge on any atom is -0.338 e. The number of nitrogens with zero attached hydrogens (tertiary/aromatic N) is 2. The molecule has 2 rings (SSSR count). The third kappa shape index (κ3) is 4.23. The topological polar surface area (TPSA) is 49.6 Å². The molecular weight excluding hydrogens is 297 g/mol. The van der Waals surface area contributed by atoms with Crippen LogP contribution in [0.5, 0.6) is 0 Å². The summed E-state index contributed by atoms with van der Waals surface area (Å²) in [4.78, 5) is 17.1. The Morgan fingerprint density at radius 2 is 2.05 bits per heavy atom. The zero-order valence-corrected chi connectivity index (χ0v) is 14.2. The van der Waals surface area contributed by atoms with E-state index in [1.165, 1.54) is 6.42 Å². The average molecular weight is 326 g/mol. The van der Waals surface area contributed by atoms with Crippen LogP contribution < -0.4 is 5.73 Å². The van der Waals surface area contributed by atoms with Gasteiger partial charge in [0.25, 0.3) is 0 Å². The van der Waals surface area contributed by atoms with Gasteiger partial charge in [0.2, 0.25) is 5.91 Å². The van der Waals surface area contributed by atoms with Gasteiger partial charge >= 0.3 is 0 Å². The van der Waals surface area contributed by atoms with Crippen LogP contribution in [0.1, 0.15) is 39.5 Å². The van der Waals surface area contributed by atoms with E-state index in [4.69, 9.17) is 5.73 Å². The Kier molecular flexibility index (Phi) is 9.07. The van der Waals surface area contributed by atoms with E-state index in [0.717, 1.165) is 38.9 Å². The minimum absolute atomic E-state index is 0. The molecule has 0 aromatic rings. The van der Waals surface area contributed by atoms with Gasteiger partial charge in [-0.05, 0) is 58.2 Å². The second-order valence-electron chi connectivity index (χ2n) is 5.87. The highest BCUT2D eigenvalue weighted by atomic mass is 35.5. The molecule has 6 heteroatoms. The second kappa shape index (κ2) is 9.08. The first kappa shape index (κ1) is 20.0. The van der Waals surface area contributed by atoms with Gasteiger partial charge in [0.05, 0.1) is 6.04 Å². The fourth-order valence-corrected chi connectivity index (χ4v) is 3.47. The second-order valence-corrected chi connectivity index (χ2v) is 5.87. The minimum atomic E-state index is 0. The smallest absolute Gasteiger partial charge is 0.240 e. The molecule has 3 atom stereocenters. The third-order valence-corrected chi connectivity index (χ3v) is 4.44. The predicted molar refractivity (Wildman–Crippen MR) is 87.7 cm³/mol. The van der Waals surface area contributed by atoms with E-state index >= 15 is 0 Å². The maximum atomic E-state index is 12.6. The Balaban J connectivity index is 0.00000180. The summed E-state index contributed by atoms with van der Waals surface area (Å²) in [5, 5.41) is 0. The summed E-state index contributed by atoms with van der Waals surface area (Å²) in [6, 6.07) is 0.513. The fourth-order valence-electron chi connectivity index (χ4n) is 3.47. The number of hydrogen-bond donors (Lipinski definition) is 1. The lowest BCUT2D eigenvalue weighted by Crippen LogP contribution is -2.47. The van der Waals surface area contributed by atoms with Gasteiger partial charge in [-0.15, -0.1) is 24.8 Å². The molecule has 4 nitrogen and oxygen atoms in total. The number of carbonyl (C=O) groups is 1. The van der Waals surface area contributed by atoms with Crippen molar-refractivity contribution in [1.82, 2.24) is 9.80 Å². The molecule has 2 N–H and O–H groups in total. The predicted octanol–water partition coefficient (Wildman–Crippen LogP) is 1.90. The van der Waals surface area contributed by atoms with E-state index in [-0.39, 0.29) is 30.9 Å². The van der Waals surface area contributed by atoms with Crippen molar-refractivity contribution in [2.75, 3.05) is 26.2 Å². The molecule has 2 aliphatic rings. The van der Waals surface area contributed by atoms with Crippen molar-refractivity contribution in [2.24, 2.45) is 11.7 Å². The quantitative estimate of drug-likeness (QED) is 0.858. The number of hydrogen-bond acceptors (Lipinski definition) is 3. The van der Waals surface area contributed by atoms with Crippen molar-refractivity contribution in [2.45, 2.75) is 51.6 Å². The van der Waals surface area contributed by atoms with Crippen LogP contribution >= 0.6 is 24.8 Å². The summed E-state index contributed by atoms with van der Waals surface area (Å²) in [6.45, 7) is 8.06. The van der Waals surface area contributed by atoms with Gasteiger partial charge in [-0.2, -0.15) is 0 Å². The number of amides is 1. The largest absolute Gasteiger partial charge is 0.338 e. The van der Waals surface area contributed by atoms with Crippen LogP contribution in [0, 0.1) is 5.92 Å². The lowest BCUT2D eigenvalue weighted by Gasteiger charge is -2.30. The molecule has 1 amide bonds. The zero-order valence-electron chi connectivity index (χ0n) is 12.6. The molecule has 0 bridgehead atoms. The molecule has 120 valence electrons. The molecule has 0 radical (unpaired) electrons. The van der Waals surface area contributed by atoms with Gasteiger partial charge in [-0.3, -0.25) is 9.69 Å². The van der Waals surface area contributed by atoms with Gasteiger partial charge in [0, 0.05) is 12.6 Å². The van der Waals surface area contributed by atoms with E-state index in [0.29, 0.717) is 24.4 Å². The van der Waals surface area contributed by atoms with Gasteiger partial charge < -0.3 is 10.6 Å². The number of nitrogens with two attached hydrogens (primary N) is 1. The van der Waals surface area contributed by atoms with Crippen molar-refractivity contribution < 1.29 is 4.79 Å². The van der Waals surface area contributed by atoms with E-state index in [9.17, 15) is 4.79 Å². The molecule has 3 unspecified atom stereocenters. The van der Waals surface area contributed by atoms with Crippen molar-refractivity contribution in [3.63, 3.8) is 0 Å². The maximum absolute atomic E-state index is 12.6. The normalized spacial score (nSPS) is 29.9. The molecule has 20 heavy (non-hydrogen) atoms. The Morgan fingerprint density at radius 1 is 1.35 bits per heavy atom. The van der Waals surface area contributed by atoms with Crippen LogP contribution in [0.25, 0.3) is 0 Å². The first-order valence-corrected chi connectivity index (χ1v) is 7.42. The summed E-state index contributed by atoms with van der Waals surface area (Å²) >= 11 is 0. The molecule has 2 heterocycles. The van der Waals surface area contributed by atoms with E-state index in [1.54, 1.807) is 0 Å². The molecule has 0 saturated carbocycles. The van der Waals surface area contributed by atoms with Crippen molar-refractivity contribution in [3.05, 3.63) is 0 Å². The molecule has 2 aliphatic heterocycles. The van der Waals surface area contributed by atoms with Crippen LogP contribution in [0.2, 0.25) is 0 Å². The molecule has 0 aromatic carbocycles. The Hall–Kier alpha value is -0.0300. The summed E-state index contributed by atoms with van der Waals surface area (Å²) in [5.41, 5.74) is 5.74. The highest BCUT2D eigenvalue weighted by Crippen LogP contribution is 2.27. The lowest BCUT2D eigenvalue weighted by molar-refractivity contribution is -0.136. The number of carbonyl (C=O) groups excluding carboxylic acids is 1. The van der Waals surface area contributed by atoms with E-state index in [1.807, 2.05) is 0 Å². The Labute approximate surface area is 135 Å². The summed E-state index contributed by atoms with van der Waals surface area (Å²) in [5.74, 6) is 0.856. The third-order valence-electron chi connectivity index (χ3n) is 4.44. The van der Waals surface area contributed by atoms with Crippen LogP contribution in [0.4, 0.5) is 0 Å². The first-order valence-electron chi connectivity index (χ1n) is 7.42. The number of likely N-dealkylation sites (tertiary alicyclic amines) is 2. The van der Waals surface area contributed by atoms with Gasteiger partial charge in [0.1, 0.15) is 0 Å². The fraction of sp³-hybridized carbons (Fsp3) is 0.929. The van der Waals surface area contributed by atoms with Crippen LogP contribution in [-0.4, -0.2) is 54.0 Å². The molecule has 0 aliphatic carbocycles. The first-order chi connectivity index (χ1) is 8.67. The van der Waals surface area contributed by atoms with Crippen molar-refractivity contribution >= 4 is 30.7 Å². The summed E-state index contributed by atoms with van der Waals surface area (Å²) in [7, 11) is 0. The number of halogens is 2. The monoisotopic (exact) mass is 325 g/mol. The van der Waals surface area contributed by atoms with E-state index < -0.39 is 0 Å². The van der Waals surface area contributed by atoms with Crippen LogP contribution in [0.3, 0.4) is 0 Å². The van der Waals surface area contributed by atoms with Crippen LogP contribution in [-0.2, 0) is 4.79 Å². The highest BCUT2D eigenvalue weighted by Gasteiger charge is 2.38. The molecular formula is C14H29Cl2N3O. The molecule has 0 spiro atoms. The SMILES string of the molecule is CCCN1CCCC1C(=O)N1CC(CN)CC1C.Cl.Cl. The Bertz CT molecular complexity index is 300. The van der Waals surface area contributed by atoms with Crippen molar-refractivity contribution in [1.29, 1.82) is 0 Å². The average Bonchev–Trinajstić information content (AvgIpc) is 2.95. The zero-order chi connectivity index (χ0) is 13.1. The van der Waals surface area contributed by atoms with Gasteiger partial charge in [0.15, 0.2) is 0 Å². The summed E-state index contributed by atoms with van der Waals surface area (Å²) < 4.78 is 0. The molecule has 0 aromatic heterocycles. The van der Waals surface area contributed by atoms with Gasteiger partial charge in [-0.25, -0.2) is 0 Å². The Morgan fingerprint density at radius 3 is 2.60 bits per heavy atom. The summed E-state index contributed by atoms with van der Waals surface area (Å²) in [6.07, 6.45) is 4.40. The lowest BCUT2D eigenvalue weighted by atomic mass is 10.1. The maximum Gasteiger partial charge on any atom is 0.240 e. The van der Waals surface area contributed by atoms with E-state index in [2.05, 4.69) is 23.6 Å². The standard InChI is InChI=1S/C14H27N3O.2ClH/c1-3-6-16-7-4-5-13(16)14(18)17-10-12(9-15)8-11(17)2;;/h11-13H,3-10,15H2,1-2H3;2*1H. The van der Waals surface area contributed by atoms with Crippen LogP contribution in [0.15, 0.2) is 0 Å². The van der Waals surface area contributed by atoms with Crippen molar-refractivity contribution in [3.8, 4) is 0 Å². The van der Waals surface area contributed by atoms with Gasteiger partial charge in [-0.1, -0.05) is 6.92 Å². The highest BCUT2D eigenvalue weighted by molar-refractivity contribution is 5.85. The molecule has 2 saturated heterocycles. The number of rotatable bonds is 4.